The molecule has 0 radical (unpaired) electrons. The Morgan fingerprint density at radius 3 is 3.07 bits per heavy atom. The van der Waals surface area contributed by atoms with E-state index in [9.17, 15) is 4.79 Å². The molecule has 2 rings (SSSR count). The number of aryl methyl sites for hydroxylation is 1. The van der Waals surface area contributed by atoms with Gasteiger partial charge in [-0.25, -0.2) is 0 Å². The summed E-state index contributed by atoms with van der Waals surface area (Å²) in [7, 11) is 0. The largest absolute Gasteiger partial charge is 0.324 e. The minimum atomic E-state index is -0.373. The Balaban J connectivity index is 2.42. The van der Waals surface area contributed by atoms with Gasteiger partial charge in [-0.05, 0) is 37.0 Å². The lowest BCUT2D eigenvalue weighted by molar-refractivity contribution is -0.117. The second-order valence-corrected chi connectivity index (χ2v) is 3.74. The third-order valence-corrected chi connectivity index (χ3v) is 2.71. The van der Waals surface area contributed by atoms with Crippen molar-refractivity contribution in [1.29, 1.82) is 0 Å². The first-order valence-corrected chi connectivity index (χ1v) is 4.83. The van der Waals surface area contributed by atoms with Crippen LogP contribution in [0.3, 0.4) is 0 Å². The van der Waals surface area contributed by atoms with Gasteiger partial charge >= 0.3 is 0 Å². The average Bonchev–Trinajstić information content (AvgIpc) is 2.29. The molecular weight excluding hydrogens is 176 g/mol. The minimum Gasteiger partial charge on any atom is -0.324 e. The third kappa shape index (κ3) is 1.51. The Labute approximate surface area is 83.3 Å². The van der Waals surface area contributed by atoms with Gasteiger partial charge in [0, 0.05) is 5.69 Å². The number of rotatable bonds is 0. The first-order chi connectivity index (χ1) is 6.68. The fourth-order valence-electron chi connectivity index (χ4n) is 1.81. The predicted octanol–water partition coefficient (Wildman–Crippen LogP) is 1.21. The maximum Gasteiger partial charge on any atom is 0.241 e. The second-order valence-electron chi connectivity index (χ2n) is 3.74. The number of fused-ring (bicyclic) bond motifs is 1. The van der Waals surface area contributed by atoms with Gasteiger partial charge in [-0.15, -0.1) is 0 Å². The summed E-state index contributed by atoms with van der Waals surface area (Å²) in [5.41, 5.74) is 9.05. The van der Waals surface area contributed by atoms with Gasteiger partial charge in [-0.3, -0.25) is 4.79 Å². The number of carbonyl (C=O) groups is 1. The molecule has 3 heteroatoms. The van der Waals surface area contributed by atoms with Crippen molar-refractivity contribution in [2.75, 3.05) is 5.32 Å². The molecule has 0 spiro atoms. The van der Waals surface area contributed by atoms with E-state index in [-0.39, 0.29) is 11.9 Å². The van der Waals surface area contributed by atoms with Crippen LogP contribution >= 0.6 is 0 Å². The van der Waals surface area contributed by atoms with Gasteiger partial charge < -0.3 is 11.1 Å². The fourth-order valence-corrected chi connectivity index (χ4v) is 1.81. The van der Waals surface area contributed by atoms with Crippen LogP contribution in [0.2, 0.25) is 0 Å². The zero-order valence-corrected chi connectivity index (χ0v) is 8.21. The van der Waals surface area contributed by atoms with Crippen molar-refractivity contribution < 1.29 is 4.79 Å². The van der Waals surface area contributed by atoms with Crippen LogP contribution in [0, 0.1) is 6.92 Å². The van der Waals surface area contributed by atoms with Crippen molar-refractivity contribution in [2.45, 2.75) is 25.8 Å². The molecule has 1 unspecified atom stereocenters. The van der Waals surface area contributed by atoms with E-state index in [1.807, 2.05) is 12.1 Å². The Morgan fingerprint density at radius 2 is 2.29 bits per heavy atom. The summed E-state index contributed by atoms with van der Waals surface area (Å²) in [6.45, 7) is 2.06. The SMILES string of the molecule is Cc1cccc2c1CCC(N)C(=O)N2. The number of nitrogens with one attached hydrogen (secondary N) is 1. The van der Waals surface area contributed by atoms with Crippen molar-refractivity contribution in [3.05, 3.63) is 29.3 Å². The summed E-state index contributed by atoms with van der Waals surface area (Å²) >= 11 is 0. The topological polar surface area (TPSA) is 55.1 Å². The molecule has 3 N–H and O–H groups in total. The summed E-state index contributed by atoms with van der Waals surface area (Å²) in [4.78, 5) is 11.5. The smallest absolute Gasteiger partial charge is 0.241 e. The zero-order chi connectivity index (χ0) is 10.1. The molecule has 1 aromatic rings. The number of amides is 1. The summed E-state index contributed by atoms with van der Waals surface area (Å²) in [5.74, 6) is -0.0747. The quantitative estimate of drug-likeness (QED) is 0.646. The van der Waals surface area contributed by atoms with Crippen LogP contribution in [-0.2, 0) is 11.2 Å². The van der Waals surface area contributed by atoms with Crippen LogP contribution in [0.15, 0.2) is 18.2 Å². The molecule has 0 aliphatic carbocycles. The molecule has 1 heterocycles. The van der Waals surface area contributed by atoms with Gasteiger partial charge in [0.25, 0.3) is 0 Å². The lowest BCUT2D eigenvalue weighted by atomic mass is 10.0. The van der Waals surface area contributed by atoms with Crippen LogP contribution in [0.1, 0.15) is 17.5 Å². The Hall–Kier alpha value is -1.35. The monoisotopic (exact) mass is 190 g/mol. The van der Waals surface area contributed by atoms with Crippen LogP contribution in [0.4, 0.5) is 5.69 Å². The lowest BCUT2D eigenvalue weighted by Gasteiger charge is -2.08. The zero-order valence-electron chi connectivity index (χ0n) is 8.21. The Bertz CT molecular complexity index is 374. The van der Waals surface area contributed by atoms with Crippen molar-refractivity contribution in [2.24, 2.45) is 5.73 Å². The molecule has 74 valence electrons. The van der Waals surface area contributed by atoms with E-state index in [0.717, 1.165) is 18.5 Å². The van der Waals surface area contributed by atoms with Crippen molar-refractivity contribution in [3.63, 3.8) is 0 Å². The van der Waals surface area contributed by atoms with Gasteiger partial charge in [0.15, 0.2) is 0 Å². The van der Waals surface area contributed by atoms with E-state index in [0.29, 0.717) is 0 Å². The van der Waals surface area contributed by atoms with E-state index in [4.69, 9.17) is 5.73 Å². The molecule has 1 aliphatic heterocycles. The Kier molecular flexibility index (Phi) is 2.25. The van der Waals surface area contributed by atoms with Gasteiger partial charge in [-0.1, -0.05) is 12.1 Å². The van der Waals surface area contributed by atoms with Crippen LogP contribution in [0.5, 0.6) is 0 Å². The molecular formula is C11H14N2O. The highest BCUT2D eigenvalue weighted by atomic mass is 16.2. The standard InChI is InChI=1S/C11H14N2O/c1-7-3-2-4-10-8(7)5-6-9(12)11(14)13-10/h2-4,9H,5-6,12H2,1H3,(H,13,14). The molecule has 0 fully saturated rings. The van der Waals surface area contributed by atoms with Crippen LogP contribution < -0.4 is 11.1 Å². The molecule has 0 bridgehead atoms. The van der Waals surface area contributed by atoms with Crippen LogP contribution in [0.25, 0.3) is 0 Å². The highest BCUT2D eigenvalue weighted by Gasteiger charge is 2.20. The number of hydrogen-bond acceptors (Lipinski definition) is 2. The first-order valence-electron chi connectivity index (χ1n) is 4.83. The summed E-state index contributed by atoms with van der Waals surface area (Å²) in [5, 5.41) is 2.85. The number of benzene rings is 1. The molecule has 1 aromatic carbocycles. The minimum absolute atomic E-state index is 0.0747. The van der Waals surface area contributed by atoms with Gasteiger partial charge in [0.05, 0.1) is 6.04 Å². The molecule has 3 nitrogen and oxygen atoms in total. The number of anilines is 1. The van der Waals surface area contributed by atoms with E-state index >= 15 is 0 Å². The van der Waals surface area contributed by atoms with Crippen molar-refractivity contribution in [1.82, 2.24) is 0 Å². The van der Waals surface area contributed by atoms with Crippen molar-refractivity contribution in [3.8, 4) is 0 Å². The fraction of sp³-hybridized carbons (Fsp3) is 0.364. The van der Waals surface area contributed by atoms with Gasteiger partial charge in [0.1, 0.15) is 0 Å². The molecule has 0 saturated carbocycles. The van der Waals surface area contributed by atoms with Crippen LogP contribution in [-0.4, -0.2) is 11.9 Å². The average molecular weight is 190 g/mol. The maximum absolute atomic E-state index is 11.5. The van der Waals surface area contributed by atoms with Crippen molar-refractivity contribution >= 4 is 11.6 Å². The predicted molar refractivity (Wildman–Crippen MR) is 56.1 cm³/mol. The lowest BCUT2D eigenvalue weighted by Crippen LogP contribution is -2.34. The molecule has 1 atom stereocenters. The molecule has 14 heavy (non-hydrogen) atoms. The molecule has 0 aromatic heterocycles. The third-order valence-electron chi connectivity index (χ3n) is 2.71. The molecule has 1 amide bonds. The summed E-state index contributed by atoms with van der Waals surface area (Å²) in [6.07, 6.45) is 1.60. The maximum atomic E-state index is 11.5. The number of nitrogens with two attached hydrogens (primary N) is 1. The van der Waals surface area contributed by atoms with Gasteiger partial charge in [0.2, 0.25) is 5.91 Å². The highest BCUT2D eigenvalue weighted by Crippen LogP contribution is 2.24. The van der Waals surface area contributed by atoms with E-state index < -0.39 is 0 Å². The van der Waals surface area contributed by atoms with Gasteiger partial charge in [-0.2, -0.15) is 0 Å². The Morgan fingerprint density at radius 1 is 1.50 bits per heavy atom. The second kappa shape index (κ2) is 3.42. The summed E-state index contributed by atoms with van der Waals surface area (Å²) < 4.78 is 0. The van der Waals surface area contributed by atoms with E-state index in [1.165, 1.54) is 11.1 Å². The number of hydrogen-bond donors (Lipinski definition) is 2. The molecule has 1 aliphatic rings. The van der Waals surface area contributed by atoms with E-state index in [2.05, 4.69) is 18.3 Å². The normalized spacial score (nSPS) is 21.0. The highest BCUT2D eigenvalue weighted by molar-refractivity contribution is 5.96. The number of carbonyl (C=O) groups excluding carboxylic acids is 1. The molecule has 0 saturated heterocycles. The first kappa shape index (κ1) is 9.21. The summed E-state index contributed by atoms with van der Waals surface area (Å²) in [6, 6.07) is 5.56. The van der Waals surface area contributed by atoms with E-state index in [1.54, 1.807) is 0 Å².